The molecule has 9 heteroatoms. The lowest BCUT2D eigenvalue weighted by Gasteiger charge is -2.01. The molecular formula is C7H11N3O5S. The van der Waals surface area contributed by atoms with E-state index in [2.05, 4.69) is 5.10 Å². The second kappa shape index (κ2) is 4.58. The van der Waals surface area contributed by atoms with Gasteiger partial charge in [-0.1, -0.05) is 0 Å². The van der Waals surface area contributed by atoms with Gasteiger partial charge in [-0.2, -0.15) is 13.5 Å². The third kappa shape index (κ3) is 3.28. The van der Waals surface area contributed by atoms with Crippen LogP contribution in [-0.4, -0.2) is 33.4 Å². The van der Waals surface area contributed by atoms with Crippen molar-refractivity contribution in [3.8, 4) is 0 Å². The van der Waals surface area contributed by atoms with E-state index in [9.17, 15) is 18.5 Å². The Labute approximate surface area is 91.8 Å². The summed E-state index contributed by atoms with van der Waals surface area (Å²) in [6.07, 6.45) is 1.27. The topological polar surface area (TPSA) is 115 Å². The SMILES string of the molecule is Cc1c([N+](=O)[O-])cnn1CCCS(=O)(=O)O. The van der Waals surface area contributed by atoms with Crippen molar-refractivity contribution in [3.05, 3.63) is 22.0 Å². The maximum absolute atomic E-state index is 10.5. The van der Waals surface area contributed by atoms with E-state index in [0.29, 0.717) is 5.69 Å². The van der Waals surface area contributed by atoms with Crippen molar-refractivity contribution in [2.24, 2.45) is 0 Å². The molecule has 0 aliphatic carbocycles. The highest BCUT2D eigenvalue weighted by Crippen LogP contribution is 2.16. The lowest BCUT2D eigenvalue weighted by Crippen LogP contribution is -2.09. The lowest BCUT2D eigenvalue weighted by atomic mass is 10.4. The van der Waals surface area contributed by atoms with Gasteiger partial charge < -0.3 is 0 Å². The van der Waals surface area contributed by atoms with Crippen LogP contribution in [-0.2, 0) is 16.7 Å². The summed E-state index contributed by atoms with van der Waals surface area (Å²) >= 11 is 0. The second-order valence-electron chi connectivity index (χ2n) is 3.24. The third-order valence-electron chi connectivity index (χ3n) is 2.05. The predicted molar refractivity (Wildman–Crippen MR) is 54.7 cm³/mol. The first-order valence-corrected chi connectivity index (χ1v) is 6.04. The minimum absolute atomic E-state index is 0.105. The number of nitrogens with zero attached hydrogens (tertiary/aromatic N) is 3. The Hall–Kier alpha value is -1.48. The van der Waals surface area contributed by atoms with Crippen molar-refractivity contribution in [3.63, 3.8) is 0 Å². The Morgan fingerprint density at radius 1 is 1.62 bits per heavy atom. The molecule has 1 aromatic rings. The highest BCUT2D eigenvalue weighted by atomic mass is 32.2. The molecule has 0 unspecified atom stereocenters. The summed E-state index contributed by atoms with van der Waals surface area (Å²) in [6.45, 7) is 1.73. The molecule has 0 radical (unpaired) electrons. The van der Waals surface area contributed by atoms with Crippen LogP contribution in [0.15, 0.2) is 6.20 Å². The molecule has 0 saturated heterocycles. The van der Waals surface area contributed by atoms with Crippen LogP contribution in [0.2, 0.25) is 0 Å². The van der Waals surface area contributed by atoms with E-state index in [0.717, 1.165) is 6.20 Å². The third-order valence-corrected chi connectivity index (χ3v) is 2.85. The van der Waals surface area contributed by atoms with Crippen molar-refractivity contribution in [1.82, 2.24) is 9.78 Å². The van der Waals surface area contributed by atoms with E-state index < -0.39 is 15.0 Å². The minimum atomic E-state index is -3.99. The maximum atomic E-state index is 10.5. The second-order valence-corrected chi connectivity index (χ2v) is 4.81. The van der Waals surface area contributed by atoms with Crippen molar-refractivity contribution in [2.45, 2.75) is 19.9 Å². The Morgan fingerprint density at radius 2 is 2.25 bits per heavy atom. The van der Waals surface area contributed by atoms with Crippen LogP contribution in [0.5, 0.6) is 0 Å². The fourth-order valence-electron chi connectivity index (χ4n) is 1.24. The van der Waals surface area contributed by atoms with E-state index in [1.807, 2.05) is 0 Å². The predicted octanol–water partition coefficient (Wildman–Crippen LogP) is 0.378. The quantitative estimate of drug-likeness (QED) is 0.458. The van der Waals surface area contributed by atoms with E-state index in [1.165, 1.54) is 11.6 Å². The fraction of sp³-hybridized carbons (Fsp3) is 0.571. The van der Waals surface area contributed by atoms with Gasteiger partial charge in [-0.25, -0.2) is 0 Å². The molecule has 0 aliphatic heterocycles. The molecule has 0 aromatic carbocycles. The zero-order valence-electron chi connectivity index (χ0n) is 8.53. The Morgan fingerprint density at radius 3 is 2.69 bits per heavy atom. The van der Waals surface area contributed by atoms with E-state index in [-0.39, 0.29) is 24.4 Å². The number of aromatic nitrogens is 2. The van der Waals surface area contributed by atoms with Gasteiger partial charge in [0.1, 0.15) is 11.9 Å². The molecule has 0 amide bonds. The Balaban J connectivity index is 2.66. The zero-order valence-corrected chi connectivity index (χ0v) is 9.35. The number of aryl methyl sites for hydroxylation is 1. The molecule has 1 rings (SSSR count). The molecule has 0 saturated carbocycles. The monoisotopic (exact) mass is 249 g/mol. The summed E-state index contributed by atoms with van der Waals surface area (Å²) in [6, 6.07) is 0. The molecule has 16 heavy (non-hydrogen) atoms. The highest BCUT2D eigenvalue weighted by molar-refractivity contribution is 7.85. The van der Waals surface area contributed by atoms with Gasteiger partial charge in [0.05, 0.1) is 10.7 Å². The smallest absolute Gasteiger partial charge is 0.286 e. The lowest BCUT2D eigenvalue weighted by molar-refractivity contribution is -0.385. The number of hydrogen-bond donors (Lipinski definition) is 1. The first-order valence-electron chi connectivity index (χ1n) is 4.43. The van der Waals surface area contributed by atoms with Gasteiger partial charge >= 0.3 is 5.69 Å². The average molecular weight is 249 g/mol. The molecule has 90 valence electrons. The largest absolute Gasteiger partial charge is 0.309 e. The summed E-state index contributed by atoms with van der Waals surface area (Å²) in [5, 5.41) is 14.2. The van der Waals surface area contributed by atoms with E-state index in [1.54, 1.807) is 0 Å². The van der Waals surface area contributed by atoms with Gasteiger partial charge in [-0.3, -0.25) is 19.3 Å². The number of nitro groups is 1. The summed E-state index contributed by atoms with van der Waals surface area (Å²) in [4.78, 5) is 9.93. The first-order chi connectivity index (χ1) is 7.31. The Kier molecular flexibility index (Phi) is 3.60. The molecule has 8 nitrogen and oxygen atoms in total. The number of hydrogen-bond acceptors (Lipinski definition) is 5. The van der Waals surface area contributed by atoms with Crippen LogP contribution < -0.4 is 0 Å². The van der Waals surface area contributed by atoms with Crippen molar-refractivity contribution in [1.29, 1.82) is 0 Å². The maximum Gasteiger partial charge on any atom is 0.309 e. The fourth-order valence-corrected chi connectivity index (χ4v) is 1.73. The van der Waals surface area contributed by atoms with Gasteiger partial charge in [-0.05, 0) is 13.3 Å². The van der Waals surface area contributed by atoms with Crippen LogP contribution in [0.3, 0.4) is 0 Å². The summed E-state index contributed by atoms with van der Waals surface area (Å²) in [7, 11) is -3.99. The van der Waals surface area contributed by atoms with Gasteiger partial charge in [0, 0.05) is 6.54 Å². The molecular weight excluding hydrogens is 238 g/mol. The van der Waals surface area contributed by atoms with E-state index >= 15 is 0 Å². The van der Waals surface area contributed by atoms with E-state index in [4.69, 9.17) is 4.55 Å². The molecule has 0 bridgehead atoms. The van der Waals surface area contributed by atoms with Crippen LogP contribution in [0, 0.1) is 17.0 Å². The standard InChI is InChI=1S/C7H11N3O5S/c1-6-7(10(11)12)5-8-9(6)3-2-4-16(13,14)15/h5H,2-4H2,1H3,(H,13,14,15). The van der Waals surface area contributed by atoms with Crippen LogP contribution in [0.1, 0.15) is 12.1 Å². The number of rotatable bonds is 5. The van der Waals surface area contributed by atoms with Gasteiger partial charge in [-0.15, -0.1) is 0 Å². The molecule has 1 aromatic heterocycles. The normalized spacial score (nSPS) is 11.6. The van der Waals surface area contributed by atoms with Gasteiger partial charge in [0.25, 0.3) is 10.1 Å². The summed E-state index contributed by atoms with van der Waals surface area (Å²) in [5.41, 5.74) is 0.257. The van der Waals surface area contributed by atoms with Crippen LogP contribution in [0.25, 0.3) is 0 Å². The molecule has 0 spiro atoms. The highest BCUT2D eigenvalue weighted by Gasteiger charge is 2.16. The molecule has 0 aliphatic rings. The van der Waals surface area contributed by atoms with Crippen molar-refractivity contribution < 1.29 is 17.9 Å². The molecule has 1 heterocycles. The minimum Gasteiger partial charge on any atom is -0.286 e. The van der Waals surface area contributed by atoms with Crippen LogP contribution in [0.4, 0.5) is 5.69 Å². The molecule has 0 fully saturated rings. The average Bonchev–Trinajstić information content (AvgIpc) is 2.46. The molecule has 1 N–H and O–H groups in total. The Bertz CT molecular complexity index is 492. The van der Waals surface area contributed by atoms with Gasteiger partial charge in [0.15, 0.2) is 0 Å². The summed E-state index contributed by atoms with van der Waals surface area (Å²) < 4.78 is 30.7. The van der Waals surface area contributed by atoms with Crippen molar-refractivity contribution >= 4 is 15.8 Å². The summed E-state index contributed by atoms with van der Waals surface area (Å²) in [5.74, 6) is -0.389. The van der Waals surface area contributed by atoms with Crippen molar-refractivity contribution in [2.75, 3.05) is 5.75 Å². The van der Waals surface area contributed by atoms with Crippen LogP contribution >= 0.6 is 0 Å². The first kappa shape index (κ1) is 12.6. The molecule has 0 atom stereocenters. The zero-order chi connectivity index (χ0) is 12.3. The van der Waals surface area contributed by atoms with Gasteiger partial charge in [0.2, 0.25) is 0 Å².